The number of hydrogen-bond acceptors (Lipinski definition) is 17. The maximum atomic E-state index is 13.7. The van der Waals surface area contributed by atoms with E-state index >= 15 is 0 Å². The third-order valence-corrected chi connectivity index (χ3v) is 12.8. The Bertz CT molecular complexity index is 2340. The molecular weight excluding hydrogens is 957 g/mol. The predicted octanol–water partition coefficient (Wildman–Crippen LogP) is 7.11. The molecule has 0 aliphatic carbocycles. The van der Waals surface area contributed by atoms with Crippen molar-refractivity contribution in [3.05, 3.63) is 82.2 Å². The van der Waals surface area contributed by atoms with Gasteiger partial charge in [0, 0.05) is 81.3 Å². The lowest BCUT2D eigenvalue weighted by molar-refractivity contribution is 0.0115. The maximum Gasteiger partial charge on any atom is 0.257 e. The summed E-state index contributed by atoms with van der Waals surface area (Å²) in [4.78, 5) is 47.7. The van der Waals surface area contributed by atoms with Crippen molar-refractivity contribution in [2.24, 2.45) is 9.98 Å². The Hall–Kier alpha value is -5.54. The molecule has 3 aromatic rings. The van der Waals surface area contributed by atoms with Crippen LogP contribution in [0.4, 0.5) is 11.4 Å². The summed E-state index contributed by atoms with van der Waals surface area (Å²) in [6.07, 6.45) is 9.28. The Balaban J connectivity index is 0.975. The zero-order chi connectivity index (χ0) is 51.7. The zero-order valence-corrected chi connectivity index (χ0v) is 44.3. The van der Waals surface area contributed by atoms with Crippen molar-refractivity contribution in [1.29, 1.82) is 0 Å². The lowest BCUT2D eigenvalue weighted by Gasteiger charge is -2.29. The van der Waals surface area contributed by atoms with Gasteiger partial charge in [0.15, 0.2) is 23.0 Å². The summed E-state index contributed by atoms with van der Waals surface area (Å²) in [6, 6.07) is 10.2. The molecule has 2 fully saturated rings. The summed E-state index contributed by atoms with van der Waals surface area (Å²) in [5, 5.41) is 0. The molecule has 396 valence electrons. The predicted molar refractivity (Wildman–Crippen MR) is 282 cm³/mol. The molecule has 4 aliphatic heterocycles. The minimum absolute atomic E-state index is 0.0239. The molecule has 18 nitrogen and oxygen atoms in total. The first kappa shape index (κ1) is 55.2. The normalized spacial score (nSPS) is 18.3. The molecule has 2 amide bonds. The van der Waals surface area contributed by atoms with E-state index in [1.807, 2.05) is 36.1 Å². The van der Waals surface area contributed by atoms with Gasteiger partial charge in [-0.05, 0) is 52.7 Å². The quantitative estimate of drug-likeness (QED) is 0.0423. The number of allylic oxidation sites excluding steroid dienone is 2. The first-order valence-electron chi connectivity index (χ1n) is 25.0. The number of ether oxygens (including phenoxy) is 10. The summed E-state index contributed by atoms with van der Waals surface area (Å²) in [6.45, 7) is 16.3. The fourth-order valence-corrected chi connectivity index (χ4v) is 9.09. The molecule has 2 saturated heterocycles. The number of carbonyl (C=O) groups excluding carboxylic acids is 2. The van der Waals surface area contributed by atoms with Gasteiger partial charge in [-0.25, -0.2) is 0 Å². The molecule has 4 aliphatic rings. The number of fused-ring (bicyclic) bond motifs is 4. The molecular formula is C54H72N6O12S. The lowest BCUT2D eigenvalue weighted by atomic mass is 10.1. The van der Waals surface area contributed by atoms with Crippen LogP contribution in [0.2, 0.25) is 0 Å². The molecule has 19 heteroatoms. The van der Waals surface area contributed by atoms with Gasteiger partial charge >= 0.3 is 0 Å². The van der Waals surface area contributed by atoms with Crippen LogP contribution in [0.5, 0.6) is 28.7 Å². The van der Waals surface area contributed by atoms with Crippen LogP contribution in [-0.4, -0.2) is 181 Å². The number of methoxy groups -OCH3 is 3. The van der Waals surface area contributed by atoms with E-state index in [0.29, 0.717) is 135 Å². The Kier molecular flexibility index (Phi) is 20.5. The van der Waals surface area contributed by atoms with Gasteiger partial charge in [0.25, 0.3) is 11.8 Å². The van der Waals surface area contributed by atoms with E-state index in [0.717, 1.165) is 32.5 Å². The SMILES string of the molecule is C/C=C1\CC2C=Nc3cc(OCc4cc(OCCOCCOCCN(CCOCCOCCOC)CC(C)(C)S)cc(COc5cc6c(cc5OC)C(=O)N5C/C(=C/C)C[C@H]5C=N6)n4)c(OC)cc3C(=O)N2C1. The first-order valence-corrected chi connectivity index (χ1v) is 25.4. The summed E-state index contributed by atoms with van der Waals surface area (Å²) >= 11 is 4.74. The highest BCUT2D eigenvalue weighted by atomic mass is 32.1. The summed E-state index contributed by atoms with van der Waals surface area (Å²) in [5.74, 6) is 1.90. The second-order valence-corrected chi connectivity index (χ2v) is 19.9. The van der Waals surface area contributed by atoms with Gasteiger partial charge in [-0.15, -0.1) is 0 Å². The van der Waals surface area contributed by atoms with Gasteiger partial charge in [0.2, 0.25) is 0 Å². The molecule has 0 spiro atoms. The molecule has 2 atom stereocenters. The van der Waals surface area contributed by atoms with Crippen LogP contribution in [0, 0.1) is 0 Å². The van der Waals surface area contributed by atoms with Crippen LogP contribution in [0.3, 0.4) is 0 Å². The minimum atomic E-state index is -0.173. The highest BCUT2D eigenvalue weighted by Gasteiger charge is 2.36. The third kappa shape index (κ3) is 15.5. The number of pyridine rings is 1. The number of rotatable bonds is 29. The Morgan fingerprint density at radius 3 is 1.51 bits per heavy atom. The molecule has 0 saturated carbocycles. The molecule has 0 N–H and O–H groups in total. The van der Waals surface area contributed by atoms with Crippen molar-refractivity contribution < 1.29 is 57.0 Å². The molecule has 1 aromatic heterocycles. The molecule has 0 bridgehead atoms. The van der Waals surface area contributed by atoms with E-state index in [2.05, 4.69) is 30.9 Å². The van der Waals surface area contributed by atoms with Crippen molar-refractivity contribution in [3.63, 3.8) is 0 Å². The van der Waals surface area contributed by atoms with E-state index in [-0.39, 0.29) is 48.5 Å². The number of nitrogens with zero attached hydrogens (tertiary/aromatic N) is 6. The zero-order valence-electron chi connectivity index (χ0n) is 43.4. The largest absolute Gasteiger partial charge is 0.493 e. The van der Waals surface area contributed by atoms with Crippen molar-refractivity contribution in [1.82, 2.24) is 19.7 Å². The highest BCUT2D eigenvalue weighted by molar-refractivity contribution is 7.81. The highest BCUT2D eigenvalue weighted by Crippen LogP contribution is 2.41. The van der Waals surface area contributed by atoms with Crippen molar-refractivity contribution >= 4 is 48.2 Å². The van der Waals surface area contributed by atoms with E-state index in [1.165, 1.54) is 25.4 Å². The number of benzene rings is 2. The smallest absolute Gasteiger partial charge is 0.257 e. The molecule has 5 heterocycles. The minimum Gasteiger partial charge on any atom is -0.493 e. The Labute approximate surface area is 435 Å². The number of carbonyl (C=O) groups is 2. The van der Waals surface area contributed by atoms with Crippen LogP contribution in [0.25, 0.3) is 0 Å². The monoisotopic (exact) mass is 1030 g/mol. The van der Waals surface area contributed by atoms with Crippen LogP contribution in [0.15, 0.2) is 69.7 Å². The second-order valence-electron chi connectivity index (χ2n) is 18.6. The maximum absolute atomic E-state index is 13.7. The molecule has 0 radical (unpaired) electrons. The number of amides is 2. The number of thiol groups is 1. The number of aromatic nitrogens is 1. The van der Waals surface area contributed by atoms with Crippen LogP contribution in [-0.2, 0) is 36.9 Å². The number of hydrogen-bond donors (Lipinski definition) is 1. The van der Waals surface area contributed by atoms with Gasteiger partial charge in [0.05, 0.1) is 120 Å². The van der Waals surface area contributed by atoms with Crippen LogP contribution in [0.1, 0.15) is 72.6 Å². The topological polar surface area (TPSA) is 174 Å². The standard InChI is InChI=1S/C54H72N6O12S/c1-8-37-22-41-30-55-46-28-50(48(64-6)26-44(46)52(61)59(41)32-37)71-34-39-24-43(70-21-20-69-19-17-67-13-11-58(36-54(3,4)73)10-12-66-16-18-68-15-14-63-5)25-40(57-39)35-72-51-29-47-45(27-49(51)65-7)53(62)60-33-38(9-2)23-42(60)31-56-47/h8-9,24-31,41-42,73H,10-23,32-36H2,1-7H3/b37-8+,38-9+/t41-,42?/m0/s1. The summed E-state index contributed by atoms with van der Waals surface area (Å²) < 4.78 is 58.4. The number of aliphatic imine (C=N–C) groups is 2. The lowest BCUT2D eigenvalue weighted by Crippen LogP contribution is -2.39. The first-order chi connectivity index (χ1) is 35.4. The second kappa shape index (κ2) is 27.1. The van der Waals surface area contributed by atoms with Gasteiger partial charge < -0.3 is 57.2 Å². The average molecular weight is 1030 g/mol. The fraction of sp³-hybridized carbons (Fsp3) is 0.537. The molecule has 73 heavy (non-hydrogen) atoms. The molecule has 7 rings (SSSR count). The van der Waals surface area contributed by atoms with E-state index in [4.69, 9.17) is 75.0 Å². The van der Waals surface area contributed by atoms with Crippen molar-refractivity contribution in [3.8, 4) is 28.7 Å². The van der Waals surface area contributed by atoms with E-state index in [1.54, 1.807) is 43.5 Å². The van der Waals surface area contributed by atoms with Crippen LogP contribution >= 0.6 is 12.6 Å². The fourth-order valence-electron chi connectivity index (χ4n) is 8.89. The summed E-state index contributed by atoms with van der Waals surface area (Å²) in [7, 11) is 4.72. The molecule has 1 unspecified atom stereocenters. The Morgan fingerprint density at radius 2 is 1.07 bits per heavy atom. The van der Waals surface area contributed by atoms with Crippen molar-refractivity contribution in [2.75, 3.05) is 120 Å². The molecule has 2 aromatic carbocycles. The third-order valence-electron chi connectivity index (χ3n) is 12.7. The van der Waals surface area contributed by atoms with Gasteiger partial charge in [-0.1, -0.05) is 23.3 Å². The van der Waals surface area contributed by atoms with Gasteiger partial charge in [-0.3, -0.25) is 29.5 Å². The van der Waals surface area contributed by atoms with Gasteiger partial charge in [-0.2, -0.15) is 12.6 Å². The van der Waals surface area contributed by atoms with Gasteiger partial charge in [0.1, 0.15) is 25.6 Å². The average Bonchev–Trinajstić information content (AvgIpc) is 3.95. The summed E-state index contributed by atoms with van der Waals surface area (Å²) in [5.41, 5.74) is 5.38. The Morgan fingerprint density at radius 1 is 0.616 bits per heavy atom. The van der Waals surface area contributed by atoms with Crippen LogP contribution < -0.4 is 23.7 Å². The van der Waals surface area contributed by atoms with Crippen molar-refractivity contribution in [2.45, 2.75) is 70.6 Å². The van der Waals surface area contributed by atoms with E-state index in [9.17, 15) is 9.59 Å². The van der Waals surface area contributed by atoms with E-state index < -0.39 is 0 Å².